The lowest BCUT2D eigenvalue weighted by Crippen LogP contribution is -2.35. The summed E-state index contributed by atoms with van der Waals surface area (Å²) >= 11 is 0. The molecule has 3 aromatic carbocycles. The Hall–Kier alpha value is -3.67. The molecule has 0 saturated carbocycles. The van der Waals surface area contributed by atoms with Crippen LogP contribution in [0.4, 0.5) is 5.69 Å². The molecule has 1 fully saturated rings. The Kier molecular flexibility index (Phi) is 5.06. The second-order valence-electron chi connectivity index (χ2n) is 8.66. The number of nitrogens with one attached hydrogen (secondary N) is 1. The molecule has 3 heterocycles. The van der Waals surface area contributed by atoms with E-state index in [-0.39, 0.29) is 18.5 Å². The van der Waals surface area contributed by atoms with Gasteiger partial charge in [-0.25, -0.2) is 0 Å². The minimum atomic E-state index is 0.0664. The first-order chi connectivity index (χ1) is 16.3. The zero-order valence-corrected chi connectivity index (χ0v) is 18.4. The van der Waals surface area contributed by atoms with E-state index in [1.807, 2.05) is 47.4 Å². The van der Waals surface area contributed by atoms with Crippen LogP contribution in [-0.2, 0) is 4.79 Å². The Morgan fingerprint density at radius 2 is 1.76 bits per heavy atom. The van der Waals surface area contributed by atoms with Crippen molar-refractivity contribution < 1.29 is 18.7 Å². The van der Waals surface area contributed by atoms with Crippen LogP contribution in [0.15, 0.2) is 65.1 Å². The molecule has 1 N–H and O–H groups in total. The molecule has 33 heavy (non-hydrogen) atoms. The number of hydrogen-bond acceptors (Lipinski definition) is 5. The SMILES string of the molecule is O=C(CNc1ccc2oc3ccccc3c2c1)N1CCCC1c1ccc2c(c1)OCCCO2. The number of benzene rings is 3. The van der Waals surface area contributed by atoms with Crippen molar-refractivity contribution in [3.05, 3.63) is 66.2 Å². The monoisotopic (exact) mass is 442 g/mol. The summed E-state index contributed by atoms with van der Waals surface area (Å²) in [6.45, 7) is 2.35. The molecule has 6 heteroatoms. The fraction of sp³-hybridized carbons (Fsp3) is 0.296. The van der Waals surface area contributed by atoms with Gasteiger partial charge in [-0.2, -0.15) is 0 Å². The predicted octanol–water partition coefficient (Wildman–Crippen LogP) is 5.52. The normalized spacial score (nSPS) is 17.9. The molecule has 6 rings (SSSR count). The standard InChI is InChI=1S/C27H26N2O4/c30-27(17-28-19-9-11-24-21(16-19)20-5-1-2-7-23(20)33-24)29-12-3-6-22(29)18-8-10-25-26(15-18)32-14-4-13-31-25/h1-2,5,7-11,15-16,22,28H,3-4,6,12-14,17H2. The number of para-hydroxylation sites is 1. The second-order valence-corrected chi connectivity index (χ2v) is 8.66. The maximum Gasteiger partial charge on any atom is 0.242 e. The number of carbonyl (C=O) groups excluding carboxylic acids is 1. The lowest BCUT2D eigenvalue weighted by molar-refractivity contribution is -0.130. The third-order valence-electron chi connectivity index (χ3n) is 6.55. The number of amides is 1. The van der Waals surface area contributed by atoms with Crippen LogP contribution < -0.4 is 14.8 Å². The van der Waals surface area contributed by atoms with Crippen LogP contribution in [0, 0.1) is 0 Å². The topological polar surface area (TPSA) is 63.9 Å². The summed E-state index contributed by atoms with van der Waals surface area (Å²) in [6.07, 6.45) is 2.83. The highest BCUT2D eigenvalue weighted by molar-refractivity contribution is 6.06. The molecular formula is C27H26N2O4. The van der Waals surface area contributed by atoms with Crippen LogP contribution in [0.5, 0.6) is 11.5 Å². The van der Waals surface area contributed by atoms with Gasteiger partial charge < -0.3 is 24.1 Å². The van der Waals surface area contributed by atoms with Crippen molar-refractivity contribution in [1.29, 1.82) is 0 Å². The summed E-state index contributed by atoms with van der Waals surface area (Å²) in [4.78, 5) is 15.1. The van der Waals surface area contributed by atoms with Crippen molar-refractivity contribution in [1.82, 2.24) is 4.90 Å². The molecule has 2 aliphatic rings. The highest BCUT2D eigenvalue weighted by Gasteiger charge is 2.30. The molecule has 2 aliphatic heterocycles. The van der Waals surface area contributed by atoms with Gasteiger partial charge in [0.15, 0.2) is 11.5 Å². The number of carbonyl (C=O) groups is 1. The molecule has 0 bridgehead atoms. The molecule has 1 aromatic heterocycles. The van der Waals surface area contributed by atoms with Crippen molar-refractivity contribution >= 4 is 33.5 Å². The fourth-order valence-electron chi connectivity index (χ4n) is 4.91. The number of hydrogen-bond donors (Lipinski definition) is 1. The Labute approximate surface area is 192 Å². The second kappa shape index (κ2) is 8.35. The van der Waals surface area contributed by atoms with Crippen molar-refractivity contribution in [3.63, 3.8) is 0 Å². The van der Waals surface area contributed by atoms with E-state index in [1.165, 1.54) is 0 Å². The Morgan fingerprint density at radius 3 is 2.70 bits per heavy atom. The van der Waals surface area contributed by atoms with Crippen molar-refractivity contribution in [2.45, 2.75) is 25.3 Å². The number of nitrogens with zero attached hydrogens (tertiary/aromatic N) is 1. The molecule has 1 saturated heterocycles. The number of ether oxygens (including phenoxy) is 2. The van der Waals surface area contributed by atoms with Gasteiger partial charge in [-0.3, -0.25) is 4.79 Å². The van der Waals surface area contributed by atoms with Gasteiger partial charge in [-0.15, -0.1) is 0 Å². The molecule has 1 amide bonds. The molecular weight excluding hydrogens is 416 g/mol. The zero-order valence-electron chi connectivity index (χ0n) is 18.4. The van der Waals surface area contributed by atoms with Gasteiger partial charge in [0, 0.05) is 29.4 Å². The summed E-state index contributed by atoms with van der Waals surface area (Å²) < 4.78 is 17.5. The number of anilines is 1. The minimum Gasteiger partial charge on any atom is -0.490 e. The van der Waals surface area contributed by atoms with Crippen LogP contribution in [0.25, 0.3) is 21.9 Å². The third-order valence-corrected chi connectivity index (χ3v) is 6.55. The first kappa shape index (κ1) is 20.0. The van der Waals surface area contributed by atoms with E-state index in [4.69, 9.17) is 13.9 Å². The lowest BCUT2D eigenvalue weighted by atomic mass is 10.0. The summed E-state index contributed by atoms with van der Waals surface area (Å²) in [5.74, 6) is 1.67. The zero-order chi connectivity index (χ0) is 22.2. The van der Waals surface area contributed by atoms with Crippen LogP contribution in [0.2, 0.25) is 0 Å². The van der Waals surface area contributed by atoms with Crippen LogP contribution in [0.1, 0.15) is 30.9 Å². The van der Waals surface area contributed by atoms with Crippen molar-refractivity contribution in [3.8, 4) is 11.5 Å². The quantitative estimate of drug-likeness (QED) is 0.451. The predicted molar refractivity (Wildman–Crippen MR) is 128 cm³/mol. The summed E-state index contributed by atoms with van der Waals surface area (Å²) in [6, 6.07) is 20.1. The molecule has 6 nitrogen and oxygen atoms in total. The Morgan fingerprint density at radius 1 is 0.909 bits per heavy atom. The number of furan rings is 1. The van der Waals surface area contributed by atoms with Gasteiger partial charge in [-0.05, 0) is 54.8 Å². The van der Waals surface area contributed by atoms with E-state index < -0.39 is 0 Å². The van der Waals surface area contributed by atoms with Gasteiger partial charge >= 0.3 is 0 Å². The number of fused-ring (bicyclic) bond motifs is 4. The smallest absolute Gasteiger partial charge is 0.242 e. The lowest BCUT2D eigenvalue weighted by Gasteiger charge is -2.26. The van der Waals surface area contributed by atoms with Crippen LogP contribution in [-0.4, -0.2) is 37.1 Å². The van der Waals surface area contributed by atoms with Crippen molar-refractivity contribution in [2.75, 3.05) is 31.6 Å². The number of likely N-dealkylation sites (tertiary alicyclic amines) is 1. The van der Waals surface area contributed by atoms with Gasteiger partial charge in [0.25, 0.3) is 0 Å². The molecule has 1 unspecified atom stereocenters. The van der Waals surface area contributed by atoms with E-state index in [2.05, 4.69) is 23.5 Å². The Balaban J connectivity index is 1.18. The summed E-state index contributed by atoms with van der Waals surface area (Å²) in [5.41, 5.74) is 3.74. The average molecular weight is 443 g/mol. The van der Waals surface area contributed by atoms with E-state index in [9.17, 15) is 4.79 Å². The van der Waals surface area contributed by atoms with Gasteiger partial charge in [0.05, 0.1) is 25.8 Å². The Bertz CT molecular complexity index is 1330. The first-order valence-corrected chi connectivity index (χ1v) is 11.6. The summed E-state index contributed by atoms with van der Waals surface area (Å²) in [5, 5.41) is 5.45. The number of rotatable bonds is 4. The molecule has 0 aliphatic carbocycles. The summed E-state index contributed by atoms with van der Waals surface area (Å²) in [7, 11) is 0. The van der Waals surface area contributed by atoms with E-state index in [0.29, 0.717) is 13.2 Å². The maximum atomic E-state index is 13.2. The molecule has 168 valence electrons. The molecule has 0 spiro atoms. The van der Waals surface area contributed by atoms with Crippen molar-refractivity contribution in [2.24, 2.45) is 0 Å². The van der Waals surface area contributed by atoms with Gasteiger partial charge in [-0.1, -0.05) is 24.3 Å². The van der Waals surface area contributed by atoms with E-state index in [0.717, 1.165) is 70.5 Å². The third kappa shape index (κ3) is 3.75. The highest BCUT2D eigenvalue weighted by atomic mass is 16.5. The largest absolute Gasteiger partial charge is 0.490 e. The van der Waals surface area contributed by atoms with Gasteiger partial charge in [0.1, 0.15) is 11.2 Å². The van der Waals surface area contributed by atoms with Gasteiger partial charge in [0.2, 0.25) is 5.91 Å². The first-order valence-electron chi connectivity index (χ1n) is 11.6. The molecule has 1 atom stereocenters. The minimum absolute atomic E-state index is 0.0664. The van der Waals surface area contributed by atoms with Crippen LogP contribution in [0.3, 0.4) is 0 Å². The average Bonchev–Trinajstić information content (AvgIpc) is 3.40. The van der Waals surface area contributed by atoms with E-state index >= 15 is 0 Å². The van der Waals surface area contributed by atoms with Crippen LogP contribution >= 0.6 is 0 Å². The highest BCUT2D eigenvalue weighted by Crippen LogP contribution is 2.38. The fourth-order valence-corrected chi connectivity index (χ4v) is 4.91. The molecule has 0 radical (unpaired) electrons. The maximum absolute atomic E-state index is 13.2. The van der Waals surface area contributed by atoms with E-state index in [1.54, 1.807) is 0 Å². The molecule has 4 aromatic rings.